The van der Waals surface area contributed by atoms with Crippen LogP contribution in [0.1, 0.15) is 31.8 Å². The van der Waals surface area contributed by atoms with Crippen molar-refractivity contribution >= 4 is 5.82 Å². The maximum atomic E-state index is 5.45. The molecule has 0 fully saturated rings. The number of imidazole rings is 1. The van der Waals surface area contributed by atoms with Crippen LogP contribution >= 0.6 is 0 Å². The van der Waals surface area contributed by atoms with Gasteiger partial charge < -0.3 is 14.6 Å². The highest BCUT2D eigenvalue weighted by Crippen LogP contribution is 2.26. The molecule has 1 N–H and O–H groups in total. The first-order valence-electron chi connectivity index (χ1n) is 6.91. The quantitative estimate of drug-likeness (QED) is 0.838. The van der Waals surface area contributed by atoms with Gasteiger partial charge in [0.25, 0.3) is 0 Å². The third-order valence-corrected chi connectivity index (χ3v) is 3.02. The van der Waals surface area contributed by atoms with Crippen LogP contribution < -0.4 is 10.1 Å². The van der Waals surface area contributed by atoms with Gasteiger partial charge in [-0.2, -0.15) is 0 Å². The van der Waals surface area contributed by atoms with Crippen molar-refractivity contribution in [1.29, 1.82) is 0 Å². The summed E-state index contributed by atoms with van der Waals surface area (Å²) in [6, 6.07) is 0. The number of anilines is 1. The molecule has 0 amide bonds. The van der Waals surface area contributed by atoms with E-state index < -0.39 is 0 Å². The third kappa shape index (κ3) is 3.07. The van der Waals surface area contributed by atoms with Gasteiger partial charge in [0.1, 0.15) is 12.2 Å². The Morgan fingerprint density at radius 1 is 1.25 bits per heavy atom. The van der Waals surface area contributed by atoms with E-state index in [0.29, 0.717) is 12.2 Å². The summed E-state index contributed by atoms with van der Waals surface area (Å²) in [6.07, 6.45) is 7.09. The highest BCUT2D eigenvalue weighted by molar-refractivity contribution is 5.52. The van der Waals surface area contributed by atoms with Crippen LogP contribution in [0.3, 0.4) is 0 Å². The zero-order valence-electron chi connectivity index (χ0n) is 12.3. The lowest BCUT2D eigenvalue weighted by Crippen LogP contribution is -2.09. The molecule has 0 radical (unpaired) electrons. The van der Waals surface area contributed by atoms with Crippen LogP contribution in [0, 0.1) is 0 Å². The van der Waals surface area contributed by atoms with Gasteiger partial charge in [-0.15, -0.1) is 0 Å². The van der Waals surface area contributed by atoms with E-state index in [2.05, 4.69) is 31.8 Å². The second-order valence-electron chi connectivity index (χ2n) is 4.45. The number of rotatable bonds is 7. The largest absolute Gasteiger partial charge is 0.491 e. The molecule has 0 unspecified atom stereocenters. The molecular formula is C14H21N5O. The zero-order chi connectivity index (χ0) is 14.4. The van der Waals surface area contributed by atoms with Crippen LogP contribution in [0.25, 0.3) is 0 Å². The Labute approximate surface area is 119 Å². The van der Waals surface area contributed by atoms with Crippen molar-refractivity contribution in [2.75, 3.05) is 19.0 Å². The maximum Gasteiger partial charge on any atom is 0.183 e. The van der Waals surface area contributed by atoms with Crippen LogP contribution in [0.2, 0.25) is 0 Å². The number of hydrogen-bond donors (Lipinski definition) is 1. The Morgan fingerprint density at radius 3 is 2.80 bits per heavy atom. The second kappa shape index (κ2) is 6.88. The molecule has 0 aliphatic carbocycles. The summed E-state index contributed by atoms with van der Waals surface area (Å²) >= 11 is 0. The Bertz CT molecular complexity index is 552. The van der Waals surface area contributed by atoms with Crippen LogP contribution in [-0.4, -0.2) is 33.2 Å². The molecule has 108 valence electrons. The first-order valence-corrected chi connectivity index (χ1v) is 6.91. The van der Waals surface area contributed by atoms with Crippen molar-refractivity contribution in [2.24, 2.45) is 0 Å². The molecule has 0 aliphatic heterocycles. The monoisotopic (exact) mass is 275 g/mol. The molecule has 0 aromatic carbocycles. The molecule has 0 bridgehead atoms. The number of aromatic nitrogens is 4. The van der Waals surface area contributed by atoms with Gasteiger partial charge >= 0.3 is 0 Å². The summed E-state index contributed by atoms with van der Waals surface area (Å²) < 4.78 is 7.60. The van der Waals surface area contributed by atoms with Crippen LogP contribution in [0.15, 0.2) is 18.7 Å². The Kier molecular flexibility index (Phi) is 4.92. The molecule has 0 spiro atoms. The van der Waals surface area contributed by atoms with Crippen LogP contribution in [-0.2, 0) is 13.0 Å². The lowest BCUT2D eigenvalue weighted by atomic mass is 10.2. The van der Waals surface area contributed by atoms with Gasteiger partial charge in [-0.25, -0.2) is 15.0 Å². The van der Waals surface area contributed by atoms with Crippen molar-refractivity contribution in [3.8, 4) is 5.75 Å². The molecular weight excluding hydrogens is 254 g/mol. The van der Waals surface area contributed by atoms with E-state index in [9.17, 15) is 0 Å². The molecule has 0 saturated heterocycles. The highest BCUT2D eigenvalue weighted by Gasteiger charge is 2.14. The smallest absolute Gasteiger partial charge is 0.183 e. The number of ether oxygens (including phenoxy) is 1. The Morgan fingerprint density at radius 2 is 2.10 bits per heavy atom. The second-order valence-corrected chi connectivity index (χ2v) is 4.45. The molecule has 2 heterocycles. The number of nitrogens with zero attached hydrogens (tertiary/aromatic N) is 4. The maximum absolute atomic E-state index is 5.45. The summed E-state index contributed by atoms with van der Waals surface area (Å²) in [6.45, 7) is 5.92. The standard InChI is InChI=1S/C14H21N5O/c1-4-7-19-8-6-16-12(19)9-11-13(20-3)14(15-5-2)18-10-17-11/h6,8,10H,4-5,7,9H2,1-3H3,(H,15,17,18). The minimum absolute atomic E-state index is 0.636. The average Bonchev–Trinajstić information content (AvgIpc) is 2.87. The molecule has 0 saturated carbocycles. The lowest BCUT2D eigenvalue weighted by Gasteiger charge is -2.12. The molecule has 2 aromatic rings. The molecule has 2 aromatic heterocycles. The first-order chi connectivity index (χ1) is 9.80. The Hall–Kier alpha value is -2.11. The number of methoxy groups -OCH3 is 1. The van der Waals surface area contributed by atoms with Gasteiger partial charge in [0, 0.05) is 25.5 Å². The third-order valence-electron chi connectivity index (χ3n) is 3.02. The zero-order valence-corrected chi connectivity index (χ0v) is 12.3. The van der Waals surface area contributed by atoms with E-state index in [-0.39, 0.29) is 0 Å². The van der Waals surface area contributed by atoms with Crippen molar-refractivity contribution in [3.05, 3.63) is 30.2 Å². The SMILES string of the molecule is CCCn1ccnc1Cc1ncnc(NCC)c1OC. The van der Waals surface area contributed by atoms with Gasteiger partial charge in [0.15, 0.2) is 11.6 Å². The minimum Gasteiger partial charge on any atom is -0.491 e. The van der Waals surface area contributed by atoms with E-state index in [1.54, 1.807) is 13.4 Å². The van der Waals surface area contributed by atoms with Crippen molar-refractivity contribution in [2.45, 2.75) is 33.2 Å². The topological polar surface area (TPSA) is 64.9 Å². The van der Waals surface area contributed by atoms with Gasteiger partial charge in [-0.3, -0.25) is 0 Å². The van der Waals surface area contributed by atoms with Gasteiger partial charge in [0.05, 0.1) is 19.2 Å². The van der Waals surface area contributed by atoms with Crippen molar-refractivity contribution in [1.82, 2.24) is 19.5 Å². The summed E-state index contributed by atoms with van der Waals surface area (Å²) in [4.78, 5) is 13.0. The van der Waals surface area contributed by atoms with E-state index >= 15 is 0 Å². The van der Waals surface area contributed by atoms with Gasteiger partial charge in [-0.1, -0.05) is 6.92 Å². The molecule has 20 heavy (non-hydrogen) atoms. The van der Waals surface area contributed by atoms with Crippen molar-refractivity contribution < 1.29 is 4.74 Å². The van der Waals surface area contributed by atoms with Gasteiger partial charge in [-0.05, 0) is 13.3 Å². The van der Waals surface area contributed by atoms with Crippen molar-refractivity contribution in [3.63, 3.8) is 0 Å². The number of nitrogens with one attached hydrogen (secondary N) is 1. The average molecular weight is 275 g/mol. The fourth-order valence-corrected chi connectivity index (χ4v) is 2.15. The van der Waals surface area contributed by atoms with Gasteiger partial charge in [0.2, 0.25) is 0 Å². The number of hydrogen-bond acceptors (Lipinski definition) is 5. The minimum atomic E-state index is 0.636. The molecule has 0 aliphatic rings. The predicted octanol–water partition coefficient (Wildman–Crippen LogP) is 2.11. The van der Waals surface area contributed by atoms with Crippen LogP contribution in [0.4, 0.5) is 5.82 Å². The molecule has 6 heteroatoms. The summed E-state index contributed by atoms with van der Waals surface area (Å²) in [5.74, 6) is 2.42. The number of aryl methyl sites for hydroxylation is 1. The molecule has 0 atom stereocenters. The van der Waals surface area contributed by atoms with E-state index in [4.69, 9.17) is 4.74 Å². The van der Waals surface area contributed by atoms with E-state index in [1.807, 2.05) is 19.3 Å². The summed E-state index contributed by atoms with van der Waals surface area (Å²) in [5, 5.41) is 3.18. The van der Waals surface area contributed by atoms with E-state index in [1.165, 1.54) is 0 Å². The first kappa shape index (κ1) is 14.3. The fourth-order valence-electron chi connectivity index (χ4n) is 2.15. The Balaban J connectivity index is 2.28. The normalized spacial score (nSPS) is 10.6. The highest BCUT2D eigenvalue weighted by atomic mass is 16.5. The predicted molar refractivity (Wildman–Crippen MR) is 78.1 cm³/mol. The van der Waals surface area contributed by atoms with Crippen LogP contribution in [0.5, 0.6) is 5.75 Å². The fraction of sp³-hybridized carbons (Fsp3) is 0.500. The summed E-state index contributed by atoms with van der Waals surface area (Å²) in [7, 11) is 1.64. The summed E-state index contributed by atoms with van der Waals surface area (Å²) in [5.41, 5.74) is 0.849. The van der Waals surface area contributed by atoms with E-state index in [0.717, 1.165) is 36.8 Å². The lowest BCUT2D eigenvalue weighted by molar-refractivity contribution is 0.407. The molecule has 6 nitrogen and oxygen atoms in total. The molecule has 2 rings (SSSR count).